The van der Waals surface area contributed by atoms with Gasteiger partial charge in [0, 0.05) is 17.0 Å². The van der Waals surface area contributed by atoms with Crippen LogP contribution in [-0.4, -0.2) is 24.5 Å². The van der Waals surface area contributed by atoms with Crippen LogP contribution in [0.4, 0.5) is 0 Å². The molecular weight excluding hydrogens is 432 g/mol. The predicted molar refractivity (Wildman–Crippen MR) is 123 cm³/mol. The van der Waals surface area contributed by atoms with Gasteiger partial charge in [0.1, 0.15) is 5.75 Å². The Labute approximate surface area is 184 Å². The lowest BCUT2D eigenvalue weighted by Crippen LogP contribution is -2.13. The zero-order chi connectivity index (χ0) is 21.6. The van der Waals surface area contributed by atoms with Crippen LogP contribution in [0, 0.1) is 0 Å². The Bertz CT molecular complexity index is 1530. The number of halogens is 1. The molecule has 0 radical (unpaired) electrons. The Morgan fingerprint density at radius 1 is 0.903 bits per heavy atom. The summed E-state index contributed by atoms with van der Waals surface area (Å²) < 4.78 is 33.6. The molecule has 0 N–H and O–H groups in total. The maximum atomic E-state index is 13.5. The van der Waals surface area contributed by atoms with E-state index in [1.807, 2.05) is 36.4 Å². The Kier molecular flexibility index (Phi) is 4.68. The standard InChI is InChI=1S/C24H17ClN2O3S/c1-30-18-10-7-16(8-11-18)17-9-12-22-20(15-17)23-21(25)13-14-26-24(23)27(22)31(28,29)19-5-3-2-4-6-19/h2-15H,1H3. The second-order valence-electron chi connectivity index (χ2n) is 7.03. The molecule has 0 bridgehead atoms. The first-order valence-electron chi connectivity index (χ1n) is 9.54. The molecule has 0 saturated carbocycles. The average Bonchev–Trinajstić information content (AvgIpc) is 3.15. The van der Waals surface area contributed by atoms with Gasteiger partial charge in [-0.1, -0.05) is 48.0 Å². The van der Waals surface area contributed by atoms with Crippen molar-refractivity contribution < 1.29 is 13.2 Å². The lowest BCUT2D eigenvalue weighted by Gasteiger charge is -2.09. The maximum absolute atomic E-state index is 13.5. The molecule has 0 spiro atoms. The van der Waals surface area contributed by atoms with Gasteiger partial charge < -0.3 is 4.74 Å². The Morgan fingerprint density at radius 2 is 1.61 bits per heavy atom. The number of benzene rings is 3. The van der Waals surface area contributed by atoms with Gasteiger partial charge in [-0.2, -0.15) is 0 Å². The van der Waals surface area contributed by atoms with Gasteiger partial charge in [-0.15, -0.1) is 0 Å². The van der Waals surface area contributed by atoms with Gasteiger partial charge in [0.05, 0.1) is 22.5 Å². The number of aromatic nitrogens is 2. The number of hydrogen-bond acceptors (Lipinski definition) is 4. The molecule has 0 fully saturated rings. The summed E-state index contributed by atoms with van der Waals surface area (Å²) in [6.45, 7) is 0. The summed E-state index contributed by atoms with van der Waals surface area (Å²) in [5.41, 5.74) is 2.75. The van der Waals surface area contributed by atoms with E-state index in [1.165, 1.54) is 10.2 Å². The topological polar surface area (TPSA) is 61.2 Å². The Balaban J connectivity index is 1.82. The van der Waals surface area contributed by atoms with Crippen LogP contribution in [0.1, 0.15) is 0 Å². The summed E-state index contributed by atoms with van der Waals surface area (Å²) in [6.07, 6.45) is 1.52. The minimum Gasteiger partial charge on any atom is -0.497 e. The molecule has 0 aliphatic carbocycles. The van der Waals surface area contributed by atoms with Gasteiger partial charge in [-0.3, -0.25) is 0 Å². The number of rotatable bonds is 4. The Hall–Kier alpha value is -3.35. The van der Waals surface area contributed by atoms with Crippen LogP contribution in [0.5, 0.6) is 5.75 Å². The number of pyridine rings is 1. The van der Waals surface area contributed by atoms with Crippen molar-refractivity contribution in [3.05, 3.63) is 90.1 Å². The molecule has 2 heterocycles. The summed E-state index contributed by atoms with van der Waals surface area (Å²) in [7, 11) is -2.25. The smallest absolute Gasteiger partial charge is 0.269 e. The fourth-order valence-electron chi connectivity index (χ4n) is 3.76. The lowest BCUT2D eigenvalue weighted by molar-refractivity contribution is 0.415. The molecule has 0 aliphatic heterocycles. The number of nitrogens with zero attached hydrogens (tertiary/aromatic N) is 2. The van der Waals surface area contributed by atoms with Crippen molar-refractivity contribution in [2.75, 3.05) is 7.11 Å². The number of fused-ring (bicyclic) bond motifs is 3. The SMILES string of the molecule is COc1ccc(-c2ccc3c(c2)c2c(Cl)ccnc2n3S(=O)(=O)c2ccccc2)cc1. The van der Waals surface area contributed by atoms with Crippen molar-refractivity contribution in [1.82, 2.24) is 8.96 Å². The van der Waals surface area contributed by atoms with Crippen LogP contribution in [0.15, 0.2) is 90.0 Å². The molecule has 31 heavy (non-hydrogen) atoms. The van der Waals surface area contributed by atoms with Crippen molar-refractivity contribution >= 4 is 43.6 Å². The van der Waals surface area contributed by atoms with Crippen LogP contribution >= 0.6 is 11.6 Å². The minimum atomic E-state index is -3.87. The highest BCUT2D eigenvalue weighted by molar-refractivity contribution is 7.90. The highest BCUT2D eigenvalue weighted by Gasteiger charge is 2.25. The van der Waals surface area contributed by atoms with Crippen LogP contribution in [-0.2, 0) is 10.0 Å². The van der Waals surface area contributed by atoms with Gasteiger partial charge in [0.25, 0.3) is 10.0 Å². The normalized spacial score (nSPS) is 11.8. The van der Waals surface area contributed by atoms with Gasteiger partial charge in [-0.25, -0.2) is 17.4 Å². The van der Waals surface area contributed by atoms with Crippen LogP contribution in [0.3, 0.4) is 0 Å². The number of hydrogen-bond donors (Lipinski definition) is 0. The molecule has 0 atom stereocenters. The van der Waals surface area contributed by atoms with Gasteiger partial charge in [0.15, 0.2) is 5.65 Å². The molecule has 5 aromatic rings. The van der Waals surface area contributed by atoms with E-state index < -0.39 is 10.0 Å². The zero-order valence-corrected chi connectivity index (χ0v) is 18.1. The molecule has 154 valence electrons. The van der Waals surface area contributed by atoms with E-state index in [2.05, 4.69) is 4.98 Å². The molecule has 5 rings (SSSR count). The van der Waals surface area contributed by atoms with E-state index in [4.69, 9.17) is 16.3 Å². The fourth-order valence-corrected chi connectivity index (χ4v) is 5.50. The molecule has 0 saturated heterocycles. The summed E-state index contributed by atoms with van der Waals surface area (Å²) in [6, 6.07) is 23.3. The highest BCUT2D eigenvalue weighted by Crippen LogP contribution is 2.37. The fraction of sp³-hybridized carbons (Fsp3) is 0.0417. The summed E-state index contributed by atoms with van der Waals surface area (Å²) >= 11 is 6.52. The summed E-state index contributed by atoms with van der Waals surface area (Å²) in [5.74, 6) is 0.766. The van der Waals surface area contributed by atoms with Crippen molar-refractivity contribution in [2.24, 2.45) is 0 Å². The van der Waals surface area contributed by atoms with E-state index in [-0.39, 0.29) is 4.90 Å². The third kappa shape index (κ3) is 3.15. The third-order valence-corrected chi connectivity index (χ3v) is 7.30. The van der Waals surface area contributed by atoms with E-state index in [1.54, 1.807) is 49.6 Å². The van der Waals surface area contributed by atoms with E-state index >= 15 is 0 Å². The van der Waals surface area contributed by atoms with Crippen molar-refractivity contribution in [3.8, 4) is 16.9 Å². The molecule has 5 nitrogen and oxygen atoms in total. The van der Waals surface area contributed by atoms with Crippen molar-refractivity contribution in [3.63, 3.8) is 0 Å². The van der Waals surface area contributed by atoms with E-state index in [0.29, 0.717) is 21.6 Å². The average molecular weight is 449 g/mol. The molecule has 0 amide bonds. The van der Waals surface area contributed by atoms with E-state index in [0.717, 1.165) is 22.3 Å². The van der Waals surface area contributed by atoms with Crippen molar-refractivity contribution in [1.29, 1.82) is 0 Å². The monoisotopic (exact) mass is 448 g/mol. The largest absolute Gasteiger partial charge is 0.497 e. The molecule has 0 aliphatic rings. The predicted octanol–water partition coefficient (Wildman–Crippen LogP) is 5.76. The maximum Gasteiger partial charge on any atom is 0.269 e. The molecule has 7 heteroatoms. The summed E-state index contributed by atoms with van der Waals surface area (Å²) in [4.78, 5) is 4.57. The second kappa shape index (κ2) is 7.41. The lowest BCUT2D eigenvalue weighted by atomic mass is 10.0. The van der Waals surface area contributed by atoms with Crippen LogP contribution < -0.4 is 4.74 Å². The Morgan fingerprint density at radius 3 is 2.32 bits per heavy atom. The third-order valence-electron chi connectivity index (χ3n) is 5.26. The molecule has 3 aromatic carbocycles. The molecule has 0 unspecified atom stereocenters. The van der Waals surface area contributed by atoms with Crippen molar-refractivity contribution in [2.45, 2.75) is 4.90 Å². The molecule has 2 aromatic heterocycles. The molecular formula is C24H17ClN2O3S. The first-order valence-corrected chi connectivity index (χ1v) is 11.4. The quantitative estimate of drug-likeness (QED) is 0.351. The van der Waals surface area contributed by atoms with Crippen LogP contribution in [0.2, 0.25) is 5.02 Å². The summed E-state index contributed by atoms with van der Waals surface area (Å²) in [5, 5.41) is 1.78. The minimum absolute atomic E-state index is 0.190. The van der Waals surface area contributed by atoms with Gasteiger partial charge in [0.2, 0.25) is 0 Å². The zero-order valence-electron chi connectivity index (χ0n) is 16.5. The van der Waals surface area contributed by atoms with Crippen LogP contribution in [0.25, 0.3) is 33.1 Å². The van der Waals surface area contributed by atoms with Gasteiger partial charge >= 0.3 is 0 Å². The highest BCUT2D eigenvalue weighted by atomic mass is 35.5. The first kappa shape index (κ1) is 19.6. The second-order valence-corrected chi connectivity index (χ2v) is 9.23. The first-order chi connectivity index (χ1) is 15.0. The van der Waals surface area contributed by atoms with E-state index in [9.17, 15) is 8.42 Å². The van der Waals surface area contributed by atoms with Gasteiger partial charge in [-0.05, 0) is 53.6 Å². The number of methoxy groups -OCH3 is 1. The number of ether oxygens (including phenoxy) is 1.